The highest BCUT2D eigenvalue weighted by Gasteiger charge is 2.16. The first-order valence-corrected chi connectivity index (χ1v) is 9.73. The summed E-state index contributed by atoms with van der Waals surface area (Å²) in [6.07, 6.45) is 4.50. The Morgan fingerprint density at radius 3 is 2.32 bits per heavy atom. The molecule has 1 rings (SSSR count). The molecule has 25 heavy (non-hydrogen) atoms. The Labute approximate surface area is 154 Å². The van der Waals surface area contributed by atoms with E-state index in [2.05, 4.69) is 63.7 Å². The highest BCUT2D eigenvalue weighted by molar-refractivity contribution is 5.61. The van der Waals surface area contributed by atoms with Crippen LogP contribution >= 0.6 is 0 Å². The molecule has 0 aliphatic heterocycles. The zero-order chi connectivity index (χ0) is 18.9. The fraction of sp³-hybridized carbons (Fsp3) is 0.714. The van der Waals surface area contributed by atoms with Crippen LogP contribution in [-0.4, -0.2) is 19.7 Å². The van der Waals surface area contributed by atoms with Crippen LogP contribution in [0.4, 0.5) is 11.4 Å². The molecule has 0 bridgehead atoms. The topological polar surface area (TPSA) is 50.4 Å². The Hall–Kier alpha value is -1.58. The molecule has 1 unspecified atom stereocenters. The molecule has 4 nitrogen and oxygen atoms in total. The van der Waals surface area contributed by atoms with E-state index in [4.69, 9.17) is 10.3 Å². The highest BCUT2D eigenvalue weighted by atomic mass is 16.5. The first-order chi connectivity index (χ1) is 11.8. The van der Waals surface area contributed by atoms with Crippen molar-refractivity contribution >= 4 is 11.4 Å². The lowest BCUT2D eigenvalue weighted by molar-refractivity contribution is -0.210. The predicted octanol–water partition coefficient (Wildman–Crippen LogP) is 5.00. The maximum atomic E-state index is 6.06. The van der Waals surface area contributed by atoms with Crippen molar-refractivity contribution in [3.05, 3.63) is 18.2 Å². The van der Waals surface area contributed by atoms with Gasteiger partial charge in [0.2, 0.25) is 0 Å². The summed E-state index contributed by atoms with van der Waals surface area (Å²) in [7, 11) is 0. The van der Waals surface area contributed by atoms with E-state index in [1.165, 1.54) is 12.1 Å². The van der Waals surface area contributed by atoms with Crippen molar-refractivity contribution in [2.75, 3.05) is 24.6 Å². The van der Waals surface area contributed by atoms with Gasteiger partial charge in [0.15, 0.2) is 11.4 Å². The minimum atomic E-state index is 0.359. The smallest absolute Gasteiger partial charge is 0.171 e. The molecule has 0 heterocycles. The largest absolute Gasteiger partial charge is 0.491 e. The molecule has 0 aliphatic carbocycles. The summed E-state index contributed by atoms with van der Waals surface area (Å²) in [6, 6.07) is 6.14. The fourth-order valence-electron chi connectivity index (χ4n) is 3.35. The van der Waals surface area contributed by atoms with E-state index in [1.54, 1.807) is 0 Å². The van der Waals surface area contributed by atoms with E-state index in [0.717, 1.165) is 43.8 Å². The van der Waals surface area contributed by atoms with E-state index in [-0.39, 0.29) is 0 Å². The van der Waals surface area contributed by atoms with Crippen LogP contribution in [0.25, 0.3) is 0 Å². The van der Waals surface area contributed by atoms with Crippen molar-refractivity contribution in [2.24, 2.45) is 16.4 Å². The lowest BCUT2D eigenvalue weighted by Gasteiger charge is -2.25. The van der Waals surface area contributed by atoms with Gasteiger partial charge in [-0.15, -0.1) is 0 Å². The van der Waals surface area contributed by atoms with Gasteiger partial charge in [0.05, 0.1) is 6.61 Å². The molecule has 142 valence electrons. The van der Waals surface area contributed by atoms with Crippen molar-refractivity contribution in [3.63, 3.8) is 0 Å². The number of nitrogens with zero attached hydrogens (tertiary/aromatic N) is 2. The van der Waals surface area contributed by atoms with Crippen LogP contribution in [-0.2, 0) is 0 Å². The third-order valence-electron chi connectivity index (χ3n) is 4.26. The Kier molecular flexibility index (Phi) is 8.95. The van der Waals surface area contributed by atoms with Crippen LogP contribution in [0.15, 0.2) is 23.3 Å². The van der Waals surface area contributed by atoms with Crippen LogP contribution in [0.5, 0.6) is 5.75 Å². The molecule has 0 aromatic heterocycles. The number of ether oxygens (including phenoxy) is 1. The van der Waals surface area contributed by atoms with E-state index in [1.807, 2.05) is 6.07 Å². The highest BCUT2D eigenvalue weighted by Crippen LogP contribution is 2.32. The Bertz CT molecular complexity index is 516. The van der Waals surface area contributed by atoms with Gasteiger partial charge >= 0.3 is 0 Å². The molecule has 1 atom stereocenters. The van der Waals surface area contributed by atoms with E-state index in [0.29, 0.717) is 17.9 Å². The van der Waals surface area contributed by atoms with Crippen molar-refractivity contribution in [1.82, 2.24) is 0 Å². The lowest BCUT2D eigenvalue weighted by atomic mass is 9.84. The Balaban J connectivity index is 2.76. The molecule has 0 aliphatic rings. The van der Waals surface area contributed by atoms with Crippen molar-refractivity contribution in [2.45, 2.75) is 67.2 Å². The van der Waals surface area contributed by atoms with Gasteiger partial charge in [-0.2, -0.15) is 5.53 Å². The molecule has 0 spiro atoms. The van der Waals surface area contributed by atoms with Crippen molar-refractivity contribution < 1.29 is 10.3 Å². The van der Waals surface area contributed by atoms with Gasteiger partial charge in [-0.05, 0) is 54.3 Å². The zero-order valence-corrected chi connectivity index (χ0v) is 17.1. The molecule has 0 saturated heterocycles. The predicted molar refractivity (Wildman–Crippen MR) is 107 cm³/mol. The summed E-state index contributed by atoms with van der Waals surface area (Å²) in [4.78, 5) is 2.40. The number of benzene rings is 1. The number of nitrogens with two attached hydrogens (primary N) is 1. The Morgan fingerprint density at radius 2 is 1.80 bits per heavy atom. The van der Waals surface area contributed by atoms with Crippen LogP contribution in [0.1, 0.15) is 67.2 Å². The lowest BCUT2D eigenvalue weighted by Crippen LogP contribution is -2.25. The van der Waals surface area contributed by atoms with Gasteiger partial charge < -0.3 is 9.64 Å². The van der Waals surface area contributed by atoms with Crippen molar-refractivity contribution in [3.8, 4) is 5.75 Å². The average molecular weight is 349 g/mol. The molecule has 4 heteroatoms. The molecule has 0 saturated carbocycles. The van der Waals surface area contributed by atoms with E-state index in [9.17, 15) is 0 Å². The standard InChI is InChI=1S/C21H37N3O/c1-7-12-24(13-8-2)18-9-10-19(23-22)20(15-18)25-14-11-17(3)16-21(4,5)6/h9-10,15,17,22H,7-8,11-14,16H2,1-6H3/p+1. The maximum Gasteiger partial charge on any atom is 0.171 e. The molecule has 0 fully saturated rings. The maximum absolute atomic E-state index is 6.06. The first kappa shape index (κ1) is 21.5. The summed E-state index contributed by atoms with van der Waals surface area (Å²) in [6.45, 7) is 16.4. The summed E-state index contributed by atoms with van der Waals surface area (Å²) in [5.41, 5.74) is 7.81. The zero-order valence-electron chi connectivity index (χ0n) is 17.1. The second kappa shape index (κ2) is 10.4. The summed E-state index contributed by atoms with van der Waals surface area (Å²) >= 11 is 0. The minimum Gasteiger partial charge on any atom is -0.491 e. The number of hydrogen-bond acceptors (Lipinski definition) is 3. The fourth-order valence-corrected chi connectivity index (χ4v) is 3.35. The van der Waals surface area contributed by atoms with E-state index >= 15 is 0 Å². The number of rotatable bonds is 11. The monoisotopic (exact) mass is 348 g/mol. The van der Waals surface area contributed by atoms with Gasteiger partial charge in [0.1, 0.15) is 0 Å². The third kappa shape index (κ3) is 7.89. The molecular weight excluding hydrogens is 310 g/mol. The first-order valence-electron chi connectivity index (χ1n) is 9.73. The van der Waals surface area contributed by atoms with Crippen molar-refractivity contribution in [1.29, 1.82) is 0 Å². The summed E-state index contributed by atoms with van der Waals surface area (Å²) in [5, 5.41) is 3.88. The Morgan fingerprint density at radius 1 is 1.16 bits per heavy atom. The van der Waals surface area contributed by atoms with Crippen LogP contribution in [0.3, 0.4) is 0 Å². The number of hydrogen-bond donors (Lipinski definition) is 1. The van der Waals surface area contributed by atoms with Crippen LogP contribution < -0.4 is 15.2 Å². The van der Waals surface area contributed by atoms with Crippen LogP contribution in [0.2, 0.25) is 0 Å². The molecule has 0 amide bonds. The normalized spacial score (nSPS) is 12.7. The van der Waals surface area contributed by atoms with Gasteiger partial charge in [-0.3, -0.25) is 0 Å². The molecule has 2 N–H and O–H groups in total. The average Bonchev–Trinajstić information content (AvgIpc) is 2.53. The second-order valence-electron chi connectivity index (χ2n) is 8.28. The van der Waals surface area contributed by atoms with Crippen LogP contribution in [0, 0.1) is 11.3 Å². The van der Waals surface area contributed by atoms with Gasteiger partial charge in [0.25, 0.3) is 0 Å². The summed E-state index contributed by atoms with van der Waals surface area (Å²) in [5.74, 6) is 1.43. The second-order valence-corrected chi connectivity index (χ2v) is 8.28. The van der Waals surface area contributed by atoms with E-state index < -0.39 is 0 Å². The molecule has 1 aromatic rings. The van der Waals surface area contributed by atoms with Gasteiger partial charge in [0, 0.05) is 24.8 Å². The number of anilines is 1. The quantitative estimate of drug-likeness (QED) is 0.572. The summed E-state index contributed by atoms with van der Waals surface area (Å²) < 4.78 is 6.06. The SMILES string of the molecule is CCCN(CCC)c1ccc(N=[NH2+])c(OCCC(C)CC(C)(C)C)c1. The molecule has 0 radical (unpaired) electrons. The van der Waals surface area contributed by atoms with Gasteiger partial charge in [-0.25, -0.2) is 0 Å². The minimum absolute atomic E-state index is 0.359. The molecular formula is C21H38N3O+. The van der Waals surface area contributed by atoms with Gasteiger partial charge in [-0.1, -0.05) is 41.5 Å². The third-order valence-corrected chi connectivity index (χ3v) is 4.26. The molecule has 1 aromatic carbocycles.